The zero-order chi connectivity index (χ0) is 11.6. The Bertz CT molecular complexity index is 423. The average Bonchev–Trinajstić information content (AvgIpc) is 2.67. The molecule has 6 heteroatoms. The number of nitrogens with zero attached hydrogens (tertiary/aromatic N) is 1. The van der Waals surface area contributed by atoms with E-state index >= 15 is 0 Å². The summed E-state index contributed by atoms with van der Waals surface area (Å²) in [5.74, 6) is 0. The van der Waals surface area contributed by atoms with Crippen LogP contribution in [-0.2, 0) is 10.0 Å². The summed E-state index contributed by atoms with van der Waals surface area (Å²) in [7, 11) is -3.44. The highest BCUT2D eigenvalue weighted by Gasteiger charge is 2.34. The molecule has 0 atom stereocenters. The fraction of sp³-hybridized carbons (Fsp3) is 0.600. The van der Waals surface area contributed by atoms with Crippen molar-refractivity contribution >= 4 is 10.0 Å². The minimum absolute atomic E-state index is 0.0621. The number of nitrogens with one attached hydrogen (secondary N) is 1. The van der Waals surface area contributed by atoms with Crippen molar-refractivity contribution in [2.24, 2.45) is 0 Å². The standard InChI is InChI=1S/C10H16N2O3S/c13-7-6-12(9-2-1-3-9)16(14,15)10-4-5-11-8-10/h4-5,8-9,11,13H,1-3,6-7H2. The van der Waals surface area contributed by atoms with Gasteiger partial charge in [-0.1, -0.05) is 6.42 Å². The average molecular weight is 244 g/mol. The number of aromatic amines is 1. The molecule has 0 amide bonds. The molecule has 0 saturated heterocycles. The Morgan fingerprint density at radius 1 is 1.50 bits per heavy atom. The van der Waals surface area contributed by atoms with Gasteiger partial charge < -0.3 is 10.1 Å². The van der Waals surface area contributed by atoms with E-state index in [1.165, 1.54) is 10.5 Å². The molecule has 1 aromatic heterocycles. The van der Waals surface area contributed by atoms with Gasteiger partial charge in [0.25, 0.3) is 0 Å². The van der Waals surface area contributed by atoms with Crippen molar-refractivity contribution < 1.29 is 13.5 Å². The summed E-state index contributed by atoms with van der Waals surface area (Å²) >= 11 is 0. The summed E-state index contributed by atoms with van der Waals surface area (Å²) in [6.07, 6.45) is 5.91. The Hall–Kier alpha value is -0.850. The van der Waals surface area contributed by atoms with Crippen LogP contribution in [0.1, 0.15) is 19.3 Å². The summed E-state index contributed by atoms with van der Waals surface area (Å²) < 4.78 is 25.8. The molecule has 1 fully saturated rings. The zero-order valence-electron chi connectivity index (χ0n) is 8.96. The summed E-state index contributed by atoms with van der Waals surface area (Å²) in [4.78, 5) is 3.01. The molecule has 1 aliphatic rings. The molecule has 0 unspecified atom stereocenters. The van der Waals surface area contributed by atoms with Crippen molar-refractivity contribution in [1.29, 1.82) is 0 Å². The Morgan fingerprint density at radius 2 is 2.25 bits per heavy atom. The van der Waals surface area contributed by atoms with Gasteiger partial charge in [-0.05, 0) is 18.9 Å². The normalized spacial score (nSPS) is 17.6. The largest absolute Gasteiger partial charge is 0.395 e. The van der Waals surface area contributed by atoms with Gasteiger partial charge in [-0.2, -0.15) is 4.31 Å². The topological polar surface area (TPSA) is 73.4 Å². The van der Waals surface area contributed by atoms with Crippen LogP contribution in [0, 0.1) is 0 Å². The van der Waals surface area contributed by atoms with Crippen LogP contribution in [0.15, 0.2) is 23.4 Å². The molecule has 0 aromatic carbocycles. The third kappa shape index (κ3) is 2.00. The molecule has 0 radical (unpaired) electrons. The van der Waals surface area contributed by atoms with Crippen LogP contribution in [0.4, 0.5) is 0 Å². The fourth-order valence-electron chi connectivity index (χ4n) is 1.88. The summed E-state index contributed by atoms with van der Waals surface area (Å²) in [6.45, 7) is 0.0400. The molecule has 0 bridgehead atoms. The maximum Gasteiger partial charge on any atom is 0.244 e. The van der Waals surface area contributed by atoms with Crippen molar-refractivity contribution in [3.63, 3.8) is 0 Å². The SMILES string of the molecule is O=S(=O)(c1cc[nH]c1)N(CCO)C1CCC1. The van der Waals surface area contributed by atoms with Crippen molar-refractivity contribution in [1.82, 2.24) is 9.29 Å². The highest BCUT2D eigenvalue weighted by Crippen LogP contribution is 2.29. The number of sulfonamides is 1. The molecule has 16 heavy (non-hydrogen) atoms. The molecular formula is C10H16N2O3S. The lowest BCUT2D eigenvalue weighted by molar-refractivity contribution is 0.178. The molecule has 5 nitrogen and oxygen atoms in total. The van der Waals surface area contributed by atoms with Gasteiger partial charge >= 0.3 is 0 Å². The minimum atomic E-state index is -3.44. The molecule has 0 aliphatic heterocycles. The van der Waals surface area contributed by atoms with Gasteiger partial charge in [0.15, 0.2) is 0 Å². The quantitative estimate of drug-likeness (QED) is 0.794. The van der Waals surface area contributed by atoms with E-state index in [9.17, 15) is 8.42 Å². The van der Waals surface area contributed by atoms with Crippen LogP contribution in [0.5, 0.6) is 0 Å². The zero-order valence-corrected chi connectivity index (χ0v) is 9.78. The van der Waals surface area contributed by atoms with E-state index in [1.807, 2.05) is 0 Å². The first-order valence-corrected chi connectivity index (χ1v) is 6.86. The number of hydrogen-bond acceptors (Lipinski definition) is 3. The highest BCUT2D eigenvalue weighted by atomic mass is 32.2. The fourth-order valence-corrected chi connectivity index (χ4v) is 3.53. The lowest BCUT2D eigenvalue weighted by atomic mass is 9.93. The van der Waals surface area contributed by atoms with Crippen LogP contribution < -0.4 is 0 Å². The molecule has 1 heterocycles. The molecule has 1 aromatic rings. The lowest BCUT2D eigenvalue weighted by Gasteiger charge is -2.35. The molecule has 2 N–H and O–H groups in total. The summed E-state index contributed by atoms with van der Waals surface area (Å²) in [6, 6.07) is 1.60. The summed E-state index contributed by atoms with van der Waals surface area (Å²) in [5.41, 5.74) is 0. The smallest absolute Gasteiger partial charge is 0.244 e. The second-order valence-electron chi connectivity index (χ2n) is 3.97. The first-order valence-electron chi connectivity index (χ1n) is 5.42. The van der Waals surface area contributed by atoms with E-state index in [0.717, 1.165) is 19.3 Å². The number of hydrogen-bond donors (Lipinski definition) is 2. The predicted molar refractivity (Wildman–Crippen MR) is 59.4 cm³/mol. The van der Waals surface area contributed by atoms with Gasteiger partial charge in [0, 0.05) is 25.0 Å². The van der Waals surface area contributed by atoms with Crippen LogP contribution >= 0.6 is 0 Å². The van der Waals surface area contributed by atoms with Gasteiger partial charge in [0.05, 0.1) is 11.5 Å². The Morgan fingerprint density at radius 3 is 2.69 bits per heavy atom. The number of aliphatic hydroxyl groups is 1. The van der Waals surface area contributed by atoms with Crippen molar-refractivity contribution in [3.05, 3.63) is 18.5 Å². The maximum absolute atomic E-state index is 12.2. The molecule has 1 aliphatic carbocycles. The first-order chi connectivity index (χ1) is 7.66. The van der Waals surface area contributed by atoms with Crippen molar-refractivity contribution in [3.8, 4) is 0 Å². The van der Waals surface area contributed by atoms with Crippen molar-refractivity contribution in [2.45, 2.75) is 30.2 Å². The number of H-pyrrole nitrogens is 1. The van der Waals surface area contributed by atoms with Gasteiger partial charge in [0.1, 0.15) is 0 Å². The van der Waals surface area contributed by atoms with Crippen LogP contribution in [0.2, 0.25) is 0 Å². The third-order valence-electron chi connectivity index (χ3n) is 2.98. The lowest BCUT2D eigenvalue weighted by Crippen LogP contribution is -2.45. The Kier molecular flexibility index (Phi) is 3.32. The molecular weight excluding hydrogens is 228 g/mol. The second-order valence-corrected chi connectivity index (χ2v) is 5.86. The molecule has 2 rings (SSSR count). The van der Waals surface area contributed by atoms with E-state index in [1.54, 1.807) is 12.3 Å². The Balaban J connectivity index is 2.24. The number of aromatic nitrogens is 1. The number of rotatable bonds is 5. The van der Waals surface area contributed by atoms with E-state index < -0.39 is 10.0 Å². The van der Waals surface area contributed by atoms with Crippen LogP contribution in [0.3, 0.4) is 0 Å². The Labute approximate surface area is 95.1 Å². The van der Waals surface area contributed by atoms with Crippen LogP contribution in [0.25, 0.3) is 0 Å². The second kappa shape index (κ2) is 4.57. The molecule has 0 spiro atoms. The maximum atomic E-state index is 12.2. The van der Waals surface area contributed by atoms with Crippen molar-refractivity contribution in [2.75, 3.05) is 13.2 Å². The highest BCUT2D eigenvalue weighted by molar-refractivity contribution is 7.89. The van der Waals surface area contributed by atoms with Gasteiger partial charge in [0.2, 0.25) is 10.0 Å². The van der Waals surface area contributed by atoms with E-state index in [-0.39, 0.29) is 24.1 Å². The van der Waals surface area contributed by atoms with E-state index in [4.69, 9.17) is 5.11 Å². The van der Waals surface area contributed by atoms with Gasteiger partial charge in [-0.25, -0.2) is 8.42 Å². The first kappa shape index (κ1) is 11.6. The minimum Gasteiger partial charge on any atom is -0.395 e. The monoisotopic (exact) mass is 244 g/mol. The summed E-state index contributed by atoms with van der Waals surface area (Å²) in [5, 5.41) is 8.95. The van der Waals surface area contributed by atoms with E-state index in [2.05, 4.69) is 4.98 Å². The molecule has 90 valence electrons. The third-order valence-corrected chi connectivity index (χ3v) is 4.93. The predicted octanol–water partition coefficient (Wildman–Crippen LogP) is 0.550. The number of aliphatic hydroxyl groups excluding tert-OH is 1. The van der Waals surface area contributed by atoms with E-state index in [0.29, 0.717) is 0 Å². The van der Waals surface area contributed by atoms with Crippen LogP contribution in [-0.4, -0.2) is 42.0 Å². The van der Waals surface area contributed by atoms with Gasteiger partial charge in [-0.3, -0.25) is 0 Å². The molecule has 1 saturated carbocycles. The van der Waals surface area contributed by atoms with Gasteiger partial charge in [-0.15, -0.1) is 0 Å².